The van der Waals surface area contributed by atoms with Gasteiger partial charge in [0.2, 0.25) is 5.91 Å². The first-order valence-electron chi connectivity index (χ1n) is 13.9. The van der Waals surface area contributed by atoms with Gasteiger partial charge in [-0.25, -0.2) is 9.18 Å². The lowest BCUT2D eigenvalue weighted by molar-refractivity contribution is -0.135. The predicted molar refractivity (Wildman–Crippen MR) is 144 cm³/mol. The van der Waals surface area contributed by atoms with Gasteiger partial charge in [0.1, 0.15) is 12.4 Å². The van der Waals surface area contributed by atoms with E-state index < -0.39 is 30.3 Å². The zero-order chi connectivity index (χ0) is 27.1. The molecule has 9 heteroatoms. The van der Waals surface area contributed by atoms with Crippen LogP contribution in [0.5, 0.6) is 0 Å². The number of aromatic amines is 1. The first-order chi connectivity index (χ1) is 18.9. The number of hydrogen-bond acceptors (Lipinski definition) is 5. The van der Waals surface area contributed by atoms with Gasteiger partial charge >= 0.3 is 6.09 Å². The molecule has 39 heavy (non-hydrogen) atoms. The minimum absolute atomic E-state index is 0.102. The number of carbonyl (C=O) groups excluding carboxylic acids is 2. The molecular formula is C30H35FN4O4. The Morgan fingerprint density at radius 3 is 2.59 bits per heavy atom. The van der Waals surface area contributed by atoms with Crippen LogP contribution >= 0.6 is 0 Å². The number of carbonyl (C=O) groups is 2. The van der Waals surface area contributed by atoms with Crippen molar-refractivity contribution in [1.29, 1.82) is 0 Å². The number of fused-ring (bicyclic) bond motifs is 2. The van der Waals surface area contributed by atoms with E-state index in [-0.39, 0.29) is 43.3 Å². The molecule has 206 valence electrons. The molecule has 4 N–H and O–H groups in total. The third-order valence-electron chi connectivity index (χ3n) is 8.89. The van der Waals surface area contributed by atoms with Crippen molar-refractivity contribution in [2.24, 2.45) is 11.7 Å². The van der Waals surface area contributed by atoms with Gasteiger partial charge in [0.05, 0.1) is 24.2 Å². The van der Waals surface area contributed by atoms with Crippen molar-refractivity contribution < 1.29 is 23.8 Å². The molecule has 0 unspecified atom stereocenters. The number of aliphatic hydroxyl groups is 1. The fourth-order valence-electron chi connectivity index (χ4n) is 6.96. The van der Waals surface area contributed by atoms with Crippen LogP contribution < -0.4 is 5.73 Å². The minimum Gasteiger partial charge on any atom is -0.445 e. The summed E-state index contributed by atoms with van der Waals surface area (Å²) >= 11 is 0. The number of rotatable bonds is 5. The fraction of sp³-hybridized carbons (Fsp3) is 0.467. The normalized spacial score (nSPS) is 26.1. The smallest absolute Gasteiger partial charge is 0.410 e. The second kappa shape index (κ2) is 10.6. The number of nitrogens with zero attached hydrogens (tertiary/aromatic N) is 2. The first kappa shape index (κ1) is 25.8. The molecule has 5 atom stereocenters. The molecule has 0 bridgehead atoms. The Labute approximate surface area is 226 Å². The molecule has 6 rings (SSSR count). The van der Waals surface area contributed by atoms with Crippen LogP contribution in [0.4, 0.5) is 9.18 Å². The van der Waals surface area contributed by atoms with E-state index in [1.165, 1.54) is 12.1 Å². The number of ether oxygens (including phenoxy) is 1. The summed E-state index contributed by atoms with van der Waals surface area (Å²) in [7, 11) is 0. The third-order valence-corrected chi connectivity index (χ3v) is 8.89. The molecule has 3 heterocycles. The summed E-state index contributed by atoms with van der Waals surface area (Å²) in [6.07, 6.45) is 5.49. The predicted octanol–water partition coefficient (Wildman–Crippen LogP) is 3.89. The van der Waals surface area contributed by atoms with Gasteiger partial charge in [-0.3, -0.25) is 9.69 Å². The molecule has 2 aromatic carbocycles. The van der Waals surface area contributed by atoms with Crippen molar-refractivity contribution >= 4 is 22.9 Å². The summed E-state index contributed by atoms with van der Waals surface area (Å²) in [4.78, 5) is 33.6. The molecule has 3 aromatic rings. The van der Waals surface area contributed by atoms with E-state index in [2.05, 4.69) is 4.98 Å². The van der Waals surface area contributed by atoms with Crippen molar-refractivity contribution in [1.82, 2.24) is 14.8 Å². The Balaban J connectivity index is 1.31. The summed E-state index contributed by atoms with van der Waals surface area (Å²) in [5.74, 6) is -0.717. The summed E-state index contributed by atoms with van der Waals surface area (Å²) in [6, 6.07) is 12.2. The highest BCUT2D eigenvalue weighted by Gasteiger charge is 2.57. The third kappa shape index (κ3) is 4.78. The van der Waals surface area contributed by atoms with E-state index in [1.807, 2.05) is 36.5 Å². The number of aliphatic hydroxyl groups excluding tert-OH is 1. The lowest BCUT2D eigenvalue weighted by Gasteiger charge is -2.34. The fourth-order valence-corrected chi connectivity index (χ4v) is 6.96. The summed E-state index contributed by atoms with van der Waals surface area (Å²) < 4.78 is 19.6. The van der Waals surface area contributed by atoms with Crippen molar-refractivity contribution in [2.75, 3.05) is 13.1 Å². The van der Waals surface area contributed by atoms with E-state index in [0.29, 0.717) is 5.52 Å². The van der Waals surface area contributed by atoms with Crippen LogP contribution in [0, 0.1) is 11.7 Å². The summed E-state index contributed by atoms with van der Waals surface area (Å²) in [5.41, 5.74) is 8.92. The molecule has 0 spiro atoms. The van der Waals surface area contributed by atoms with Crippen LogP contribution in [0.1, 0.15) is 49.1 Å². The number of nitrogens with one attached hydrogen (secondary N) is 1. The van der Waals surface area contributed by atoms with Gasteiger partial charge in [0.25, 0.3) is 0 Å². The molecular weight excluding hydrogens is 499 g/mol. The van der Waals surface area contributed by atoms with Crippen LogP contribution in [0.15, 0.2) is 54.7 Å². The molecule has 0 radical (unpaired) electrons. The highest BCUT2D eigenvalue weighted by molar-refractivity contribution is 5.86. The van der Waals surface area contributed by atoms with Crippen LogP contribution in [0.25, 0.3) is 10.9 Å². The van der Waals surface area contributed by atoms with Crippen molar-refractivity contribution in [3.05, 3.63) is 71.7 Å². The lowest BCUT2D eigenvalue weighted by atomic mass is 9.83. The maximum atomic E-state index is 13.9. The van der Waals surface area contributed by atoms with Gasteiger partial charge in [0.15, 0.2) is 0 Å². The topological polar surface area (TPSA) is 112 Å². The average molecular weight is 535 g/mol. The zero-order valence-electron chi connectivity index (χ0n) is 21.8. The number of H-pyrrole nitrogens is 1. The first-order valence-corrected chi connectivity index (χ1v) is 13.9. The van der Waals surface area contributed by atoms with Crippen LogP contribution in [-0.4, -0.2) is 69.2 Å². The molecule has 1 saturated carbocycles. The number of benzene rings is 2. The van der Waals surface area contributed by atoms with Crippen molar-refractivity contribution in [3.63, 3.8) is 0 Å². The summed E-state index contributed by atoms with van der Waals surface area (Å²) in [6.45, 7) is 0.465. The van der Waals surface area contributed by atoms with E-state index in [4.69, 9.17) is 10.5 Å². The van der Waals surface area contributed by atoms with Crippen molar-refractivity contribution in [3.8, 4) is 0 Å². The SMILES string of the molecule is N[C@H](C(=O)N1C[C@@H](O)[C@@H]2[C@H]1[C@@H](c1c[nH]c3cc(F)ccc13)CN2C(=O)OCc1ccccc1)C1CCCCC1. The van der Waals surface area contributed by atoms with Gasteiger partial charge < -0.3 is 25.5 Å². The Kier molecular flexibility index (Phi) is 7.03. The average Bonchev–Trinajstić information content (AvgIpc) is 3.65. The second-order valence-corrected chi connectivity index (χ2v) is 11.2. The van der Waals surface area contributed by atoms with Gasteiger partial charge in [-0.15, -0.1) is 0 Å². The van der Waals surface area contributed by atoms with E-state index >= 15 is 0 Å². The number of likely N-dealkylation sites (tertiary alicyclic amines) is 2. The van der Waals surface area contributed by atoms with Crippen molar-refractivity contribution in [2.45, 2.75) is 68.9 Å². The van der Waals surface area contributed by atoms with E-state index in [0.717, 1.165) is 48.6 Å². The lowest BCUT2D eigenvalue weighted by Crippen LogP contribution is -2.52. The molecule has 2 aliphatic heterocycles. The van der Waals surface area contributed by atoms with E-state index in [9.17, 15) is 19.1 Å². The largest absolute Gasteiger partial charge is 0.445 e. The standard InChI is InChI=1S/C30H35FN4O4/c31-20-11-12-21-22(14-33-24(21)13-20)23-15-35(30(38)39-17-18-7-3-1-4-8-18)28-25(36)16-34(27(23)28)29(37)26(32)19-9-5-2-6-10-19/h1,3-4,7-8,11-14,19,23,25-28,33,36H,2,5-6,9-10,15-17,32H2/t23-,25-,26+,27-,28-/m1/s1. The number of amides is 2. The molecule has 3 fully saturated rings. The van der Waals surface area contributed by atoms with Gasteiger partial charge in [-0.2, -0.15) is 0 Å². The number of hydrogen-bond donors (Lipinski definition) is 3. The Hall–Kier alpha value is -3.43. The number of nitrogens with two attached hydrogens (primary N) is 1. The van der Waals surface area contributed by atoms with Crippen LogP contribution in [0.2, 0.25) is 0 Å². The van der Waals surface area contributed by atoms with Gasteiger partial charge in [-0.1, -0.05) is 49.6 Å². The highest BCUT2D eigenvalue weighted by Crippen LogP contribution is 2.44. The molecule has 3 aliphatic rings. The maximum Gasteiger partial charge on any atom is 0.410 e. The number of halogens is 1. The summed E-state index contributed by atoms with van der Waals surface area (Å²) in [5, 5.41) is 12.1. The molecule has 1 aliphatic carbocycles. The number of aromatic nitrogens is 1. The maximum absolute atomic E-state index is 13.9. The highest BCUT2D eigenvalue weighted by atomic mass is 19.1. The van der Waals surface area contributed by atoms with E-state index in [1.54, 1.807) is 15.9 Å². The molecule has 2 saturated heterocycles. The molecule has 2 amide bonds. The zero-order valence-corrected chi connectivity index (χ0v) is 21.8. The van der Waals surface area contributed by atoms with Gasteiger partial charge in [0, 0.05) is 36.1 Å². The van der Waals surface area contributed by atoms with Gasteiger partial charge in [-0.05, 0) is 48.1 Å². The molecule has 1 aromatic heterocycles. The van der Waals surface area contributed by atoms with Crippen LogP contribution in [0.3, 0.4) is 0 Å². The Morgan fingerprint density at radius 1 is 1.05 bits per heavy atom. The second-order valence-electron chi connectivity index (χ2n) is 11.2. The minimum atomic E-state index is -0.936. The monoisotopic (exact) mass is 534 g/mol. The van der Waals surface area contributed by atoms with Crippen LogP contribution in [-0.2, 0) is 16.1 Å². The Morgan fingerprint density at radius 2 is 1.82 bits per heavy atom. The Bertz CT molecular complexity index is 1340. The quantitative estimate of drug-likeness (QED) is 0.460. The molecule has 8 nitrogen and oxygen atoms in total. The number of β-amino-alcohol motifs (C(OH)–C–C–N with tert-alkyl or cyclic N) is 1.